The number of benzene rings is 1. The van der Waals surface area contributed by atoms with E-state index < -0.39 is 18.0 Å². The zero-order valence-corrected chi connectivity index (χ0v) is 10.7. The molecule has 0 bridgehead atoms. The molecule has 0 saturated heterocycles. The number of nitriles is 1. The van der Waals surface area contributed by atoms with Crippen LogP contribution in [0.5, 0.6) is 0 Å². The molecule has 100 valence electrons. The van der Waals surface area contributed by atoms with Gasteiger partial charge in [0, 0.05) is 12.8 Å². The maximum Gasteiger partial charge on any atom is 0.332 e. The highest BCUT2D eigenvalue weighted by Crippen LogP contribution is 2.10. The monoisotopic (exact) mass is 262 g/mol. The Labute approximate surface area is 110 Å². The minimum absolute atomic E-state index is 0.207. The van der Waals surface area contributed by atoms with Crippen molar-refractivity contribution >= 4 is 17.6 Å². The molecule has 1 aromatic rings. The van der Waals surface area contributed by atoms with Crippen molar-refractivity contribution in [2.75, 3.05) is 19.0 Å². The van der Waals surface area contributed by atoms with Gasteiger partial charge in [-0.25, -0.2) is 4.79 Å². The summed E-state index contributed by atoms with van der Waals surface area (Å²) >= 11 is 0. The number of carbonyl (C=O) groups is 2. The molecule has 1 rings (SSSR count). The average Bonchev–Trinajstić information content (AvgIpc) is 2.39. The summed E-state index contributed by atoms with van der Waals surface area (Å²) in [6.45, 7) is 1.25. The number of amides is 1. The van der Waals surface area contributed by atoms with Crippen LogP contribution in [0.4, 0.5) is 5.69 Å². The molecule has 6 nitrogen and oxygen atoms in total. The number of ether oxygens (including phenoxy) is 2. The summed E-state index contributed by atoms with van der Waals surface area (Å²) in [6, 6.07) is 8.41. The number of esters is 1. The predicted molar refractivity (Wildman–Crippen MR) is 67.2 cm³/mol. The van der Waals surface area contributed by atoms with Crippen LogP contribution in [0.1, 0.15) is 12.5 Å². The molecular formula is C13H14N2O4. The van der Waals surface area contributed by atoms with Gasteiger partial charge in [-0.2, -0.15) is 5.26 Å². The maximum absolute atomic E-state index is 11.7. The van der Waals surface area contributed by atoms with Gasteiger partial charge in [-0.15, -0.1) is 0 Å². The summed E-state index contributed by atoms with van der Waals surface area (Å²) in [7, 11) is 1.36. The van der Waals surface area contributed by atoms with E-state index in [1.54, 1.807) is 18.2 Å². The molecule has 0 heterocycles. The molecule has 19 heavy (non-hydrogen) atoms. The second-order valence-corrected chi connectivity index (χ2v) is 3.75. The van der Waals surface area contributed by atoms with Gasteiger partial charge in [0.25, 0.3) is 5.91 Å². The molecule has 1 N–H and O–H groups in total. The molecule has 0 saturated carbocycles. The molecule has 0 aliphatic carbocycles. The zero-order chi connectivity index (χ0) is 14.3. The van der Waals surface area contributed by atoms with Crippen LogP contribution >= 0.6 is 0 Å². The summed E-state index contributed by atoms with van der Waals surface area (Å²) in [5, 5.41) is 11.3. The molecule has 6 heteroatoms. The standard InChI is InChI=1S/C13H14N2O4/c1-9(19-12(16)8-18-2)13(17)15-11-5-3-4-10(6-11)7-14/h3-6,9H,8H2,1-2H3,(H,15,17)/t9-/m0/s1. The van der Waals surface area contributed by atoms with Crippen molar-refractivity contribution in [1.82, 2.24) is 0 Å². The first-order valence-electron chi connectivity index (χ1n) is 5.56. The van der Waals surface area contributed by atoms with E-state index in [1.165, 1.54) is 20.1 Å². The van der Waals surface area contributed by atoms with Crippen LogP contribution in [0.15, 0.2) is 24.3 Å². The van der Waals surface area contributed by atoms with Crippen LogP contribution in [-0.4, -0.2) is 31.7 Å². The Morgan fingerprint density at radius 2 is 2.21 bits per heavy atom. The third-order valence-electron chi connectivity index (χ3n) is 2.20. The highest BCUT2D eigenvalue weighted by atomic mass is 16.6. The van der Waals surface area contributed by atoms with Crippen molar-refractivity contribution in [3.05, 3.63) is 29.8 Å². The van der Waals surface area contributed by atoms with E-state index in [9.17, 15) is 9.59 Å². The van der Waals surface area contributed by atoms with E-state index in [0.717, 1.165) is 0 Å². The van der Waals surface area contributed by atoms with Crippen molar-refractivity contribution in [2.45, 2.75) is 13.0 Å². The van der Waals surface area contributed by atoms with Gasteiger partial charge in [-0.3, -0.25) is 4.79 Å². The number of carbonyl (C=O) groups excluding carboxylic acids is 2. The van der Waals surface area contributed by atoms with Crippen LogP contribution in [0.2, 0.25) is 0 Å². The number of hydrogen-bond donors (Lipinski definition) is 1. The molecule has 0 spiro atoms. The Hall–Kier alpha value is -2.39. The lowest BCUT2D eigenvalue weighted by Gasteiger charge is -2.13. The van der Waals surface area contributed by atoms with E-state index in [2.05, 4.69) is 10.1 Å². The van der Waals surface area contributed by atoms with Gasteiger partial charge in [0.05, 0.1) is 11.6 Å². The first-order valence-corrected chi connectivity index (χ1v) is 5.56. The summed E-state index contributed by atoms with van der Waals surface area (Å²) in [5.41, 5.74) is 0.903. The Morgan fingerprint density at radius 1 is 1.47 bits per heavy atom. The summed E-state index contributed by atoms with van der Waals surface area (Å²) in [6.07, 6.45) is -0.937. The molecule has 1 amide bonds. The molecule has 0 fully saturated rings. The third kappa shape index (κ3) is 4.77. The summed E-state index contributed by atoms with van der Waals surface area (Å²) in [5.74, 6) is -1.09. The fourth-order valence-electron chi connectivity index (χ4n) is 1.31. The molecule has 0 aromatic heterocycles. The quantitative estimate of drug-likeness (QED) is 0.802. The topological polar surface area (TPSA) is 88.4 Å². The molecule has 1 atom stereocenters. The van der Waals surface area contributed by atoms with Gasteiger partial charge in [0.2, 0.25) is 0 Å². The predicted octanol–water partition coefficient (Wildman–Crippen LogP) is 1.07. The van der Waals surface area contributed by atoms with Crippen LogP contribution in [0, 0.1) is 11.3 Å². The van der Waals surface area contributed by atoms with Crippen molar-refractivity contribution in [1.29, 1.82) is 5.26 Å². The number of methoxy groups -OCH3 is 1. The number of nitrogens with one attached hydrogen (secondary N) is 1. The van der Waals surface area contributed by atoms with Crippen molar-refractivity contribution in [2.24, 2.45) is 0 Å². The highest BCUT2D eigenvalue weighted by molar-refractivity contribution is 5.95. The third-order valence-corrected chi connectivity index (χ3v) is 2.20. The number of hydrogen-bond acceptors (Lipinski definition) is 5. The van der Waals surface area contributed by atoms with Gasteiger partial charge < -0.3 is 14.8 Å². The minimum atomic E-state index is -0.937. The lowest BCUT2D eigenvalue weighted by Crippen LogP contribution is -2.31. The number of anilines is 1. The SMILES string of the molecule is COCC(=O)O[C@@H](C)C(=O)Nc1cccc(C#N)c1. The van der Waals surface area contributed by atoms with Crippen LogP contribution in [-0.2, 0) is 19.1 Å². The van der Waals surface area contributed by atoms with Crippen molar-refractivity contribution in [3.8, 4) is 6.07 Å². The van der Waals surface area contributed by atoms with E-state index >= 15 is 0 Å². The first kappa shape index (κ1) is 14.7. The van der Waals surface area contributed by atoms with Crippen LogP contribution in [0.3, 0.4) is 0 Å². The first-order chi connectivity index (χ1) is 9.06. The van der Waals surface area contributed by atoms with Crippen LogP contribution < -0.4 is 5.32 Å². The number of nitrogens with zero attached hydrogens (tertiary/aromatic N) is 1. The van der Waals surface area contributed by atoms with E-state index in [-0.39, 0.29) is 6.61 Å². The lowest BCUT2D eigenvalue weighted by atomic mass is 10.2. The summed E-state index contributed by atoms with van der Waals surface area (Å²) in [4.78, 5) is 22.9. The minimum Gasteiger partial charge on any atom is -0.451 e. The zero-order valence-electron chi connectivity index (χ0n) is 10.7. The average molecular weight is 262 g/mol. The van der Waals surface area contributed by atoms with Gasteiger partial charge in [0.1, 0.15) is 6.61 Å². The molecule has 0 aliphatic rings. The normalized spacial score (nSPS) is 11.2. The fraction of sp³-hybridized carbons (Fsp3) is 0.308. The van der Waals surface area contributed by atoms with Gasteiger partial charge in [-0.05, 0) is 25.1 Å². The lowest BCUT2D eigenvalue weighted by molar-refractivity contribution is -0.156. The Balaban J connectivity index is 2.59. The van der Waals surface area contributed by atoms with E-state index in [1.807, 2.05) is 6.07 Å². The Bertz CT molecular complexity index is 508. The van der Waals surface area contributed by atoms with Crippen molar-refractivity contribution in [3.63, 3.8) is 0 Å². The van der Waals surface area contributed by atoms with Gasteiger partial charge >= 0.3 is 5.97 Å². The fourth-order valence-corrected chi connectivity index (χ4v) is 1.31. The smallest absolute Gasteiger partial charge is 0.332 e. The highest BCUT2D eigenvalue weighted by Gasteiger charge is 2.17. The van der Waals surface area contributed by atoms with Crippen LogP contribution in [0.25, 0.3) is 0 Å². The van der Waals surface area contributed by atoms with E-state index in [4.69, 9.17) is 10.00 Å². The molecule has 1 aromatic carbocycles. The maximum atomic E-state index is 11.7. The molecule has 0 aliphatic heterocycles. The Kier molecular flexibility index (Phi) is 5.51. The Morgan fingerprint density at radius 3 is 2.84 bits per heavy atom. The largest absolute Gasteiger partial charge is 0.451 e. The number of rotatable bonds is 5. The van der Waals surface area contributed by atoms with E-state index in [0.29, 0.717) is 11.3 Å². The van der Waals surface area contributed by atoms with Gasteiger partial charge in [0.15, 0.2) is 6.10 Å². The van der Waals surface area contributed by atoms with Gasteiger partial charge in [-0.1, -0.05) is 6.07 Å². The van der Waals surface area contributed by atoms with Crippen molar-refractivity contribution < 1.29 is 19.1 Å². The summed E-state index contributed by atoms with van der Waals surface area (Å²) < 4.78 is 9.43. The molecular weight excluding hydrogens is 248 g/mol. The molecule has 0 unspecified atom stereocenters. The molecule has 0 radical (unpaired) electrons. The second kappa shape index (κ2) is 7.13. The second-order valence-electron chi connectivity index (χ2n) is 3.75.